The van der Waals surface area contributed by atoms with Gasteiger partial charge in [-0.15, -0.1) is 11.3 Å². The van der Waals surface area contributed by atoms with E-state index in [9.17, 15) is 14.7 Å². The molecule has 4 rings (SSSR count). The van der Waals surface area contributed by atoms with E-state index >= 15 is 0 Å². The minimum Gasteiger partial charge on any atom is -0.393 e. The zero-order valence-corrected chi connectivity index (χ0v) is 14.4. The minimum absolute atomic E-state index is 0.130. The fraction of sp³-hybridized carbons (Fsp3) is 0.353. The first kappa shape index (κ1) is 16.0. The summed E-state index contributed by atoms with van der Waals surface area (Å²) in [6, 6.07) is 5.21. The summed E-state index contributed by atoms with van der Waals surface area (Å²) in [5, 5.41) is 17.3. The first-order chi connectivity index (χ1) is 12.0. The quantitative estimate of drug-likeness (QED) is 0.660. The largest absolute Gasteiger partial charge is 0.393 e. The molecule has 1 amide bonds. The van der Waals surface area contributed by atoms with Crippen molar-refractivity contribution in [3.8, 4) is 0 Å². The second-order valence-corrected chi connectivity index (χ2v) is 7.40. The Bertz CT molecular complexity index is 970. The van der Waals surface area contributed by atoms with Crippen LogP contribution in [-0.4, -0.2) is 31.7 Å². The summed E-state index contributed by atoms with van der Waals surface area (Å²) in [6.45, 7) is 1.77. The van der Waals surface area contributed by atoms with Gasteiger partial charge in [-0.2, -0.15) is 0 Å². The highest BCUT2D eigenvalue weighted by atomic mass is 32.1. The lowest BCUT2D eigenvalue weighted by molar-refractivity contribution is 0.0241. The molecule has 7 nitrogen and oxygen atoms in total. The number of nitrogens with one attached hydrogen (secondary N) is 2. The maximum Gasteiger partial charge on any atom is 0.266 e. The smallest absolute Gasteiger partial charge is 0.266 e. The van der Waals surface area contributed by atoms with Crippen molar-refractivity contribution in [2.24, 2.45) is 5.92 Å². The van der Waals surface area contributed by atoms with Crippen LogP contribution >= 0.6 is 11.3 Å². The van der Waals surface area contributed by atoms with Crippen LogP contribution in [0.15, 0.2) is 34.6 Å². The Kier molecular flexibility index (Phi) is 3.93. The standard InChI is InChI=1S/C17H18N4O3S/c1-9-12(8-18-14-7-15(23)20-21(9)14)17(24)19-16(10-5-11(22)6-10)13-3-2-4-25-13/h2-4,7-8,10-11,16,22H,5-6H2,1H3,(H,19,24)(H,20,23). The highest BCUT2D eigenvalue weighted by Crippen LogP contribution is 2.39. The number of aliphatic hydroxyl groups excluding tert-OH is 1. The van der Waals surface area contributed by atoms with E-state index in [1.807, 2.05) is 17.5 Å². The van der Waals surface area contributed by atoms with Gasteiger partial charge in [0.15, 0.2) is 5.65 Å². The molecular weight excluding hydrogens is 340 g/mol. The molecule has 130 valence electrons. The number of carbonyl (C=O) groups is 1. The predicted molar refractivity (Wildman–Crippen MR) is 93.8 cm³/mol. The fourth-order valence-corrected chi connectivity index (χ4v) is 4.18. The number of hydrogen-bond donors (Lipinski definition) is 3. The van der Waals surface area contributed by atoms with E-state index in [-0.39, 0.29) is 29.5 Å². The lowest BCUT2D eigenvalue weighted by Crippen LogP contribution is -2.41. The number of aromatic nitrogens is 3. The number of hydrogen-bond acceptors (Lipinski definition) is 5. The number of aryl methyl sites for hydroxylation is 1. The van der Waals surface area contributed by atoms with Crippen LogP contribution in [0, 0.1) is 12.8 Å². The van der Waals surface area contributed by atoms with Crippen molar-refractivity contribution >= 4 is 22.9 Å². The van der Waals surface area contributed by atoms with Crippen molar-refractivity contribution in [2.45, 2.75) is 31.9 Å². The Morgan fingerprint density at radius 3 is 3.00 bits per heavy atom. The van der Waals surface area contributed by atoms with Crippen LogP contribution in [0.3, 0.4) is 0 Å². The van der Waals surface area contributed by atoms with Crippen molar-refractivity contribution < 1.29 is 9.90 Å². The summed E-state index contributed by atoms with van der Waals surface area (Å²) in [4.78, 5) is 29.6. The molecule has 1 aliphatic rings. The topological polar surface area (TPSA) is 99.5 Å². The average molecular weight is 358 g/mol. The van der Waals surface area contributed by atoms with Crippen molar-refractivity contribution in [3.63, 3.8) is 0 Å². The van der Waals surface area contributed by atoms with Gasteiger partial charge in [-0.3, -0.25) is 14.7 Å². The van der Waals surface area contributed by atoms with Crippen LogP contribution in [0.1, 0.15) is 39.8 Å². The van der Waals surface area contributed by atoms with Crippen LogP contribution < -0.4 is 10.9 Å². The van der Waals surface area contributed by atoms with Crippen LogP contribution in [0.2, 0.25) is 0 Å². The molecular formula is C17H18N4O3S. The molecule has 1 aliphatic carbocycles. The molecule has 3 aromatic rings. The molecule has 1 atom stereocenters. The predicted octanol–water partition coefficient (Wildman–Crippen LogP) is 1.63. The molecule has 3 aromatic heterocycles. The molecule has 0 spiro atoms. The number of amides is 1. The number of thiophene rings is 1. The molecule has 0 aliphatic heterocycles. The van der Waals surface area contributed by atoms with Crippen molar-refractivity contribution in [1.29, 1.82) is 0 Å². The normalized spacial score (nSPS) is 21.0. The van der Waals surface area contributed by atoms with Crippen LogP contribution in [0.5, 0.6) is 0 Å². The molecule has 1 unspecified atom stereocenters. The van der Waals surface area contributed by atoms with Gasteiger partial charge >= 0.3 is 0 Å². The maximum absolute atomic E-state index is 12.8. The van der Waals surface area contributed by atoms with E-state index in [1.165, 1.54) is 16.8 Å². The molecule has 3 heterocycles. The molecule has 8 heteroatoms. The van der Waals surface area contributed by atoms with Gasteiger partial charge in [-0.25, -0.2) is 9.50 Å². The van der Waals surface area contributed by atoms with Gasteiger partial charge in [-0.05, 0) is 37.1 Å². The van der Waals surface area contributed by atoms with E-state index in [2.05, 4.69) is 15.4 Å². The van der Waals surface area contributed by atoms with Gasteiger partial charge in [0.2, 0.25) is 0 Å². The Morgan fingerprint density at radius 2 is 2.32 bits per heavy atom. The second-order valence-electron chi connectivity index (χ2n) is 6.42. The molecule has 0 radical (unpaired) electrons. The molecule has 0 aromatic carbocycles. The molecule has 1 saturated carbocycles. The zero-order chi connectivity index (χ0) is 17.6. The van der Waals surface area contributed by atoms with E-state index in [0.29, 0.717) is 29.7 Å². The van der Waals surface area contributed by atoms with E-state index in [0.717, 1.165) is 4.88 Å². The van der Waals surface area contributed by atoms with Crippen LogP contribution in [0.4, 0.5) is 0 Å². The first-order valence-electron chi connectivity index (χ1n) is 8.12. The second kappa shape index (κ2) is 6.12. The van der Waals surface area contributed by atoms with Crippen LogP contribution in [-0.2, 0) is 0 Å². The van der Waals surface area contributed by atoms with Crippen LogP contribution in [0.25, 0.3) is 5.65 Å². The lowest BCUT2D eigenvalue weighted by Gasteiger charge is -2.37. The summed E-state index contributed by atoms with van der Waals surface area (Å²) in [6.07, 6.45) is 2.58. The molecule has 1 fully saturated rings. The third-order valence-corrected chi connectivity index (χ3v) is 5.72. The van der Waals surface area contributed by atoms with E-state index in [4.69, 9.17) is 0 Å². The molecule has 25 heavy (non-hydrogen) atoms. The number of fused-ring (bicyclic) bond motifs is 1. The monoisotopic (exact) mass is 358 g/mol. The first-order valence-corrected chi connectivity index (χ1v) is 9.00. The van der Waals surface area contributed by atoms with Crippen molar-refractivity contribution in [3.05, 3.63) is 56.3 Å². The van der Waals surface area contributed by atoms with Gasteiger partial charge in [0.1, 0.15) is 0 Å². The minimum atomic E-state index is -0.283. The van der Waals surface area contributed by atoms with Gasteiger partial charge in [0, 0.05) is 17.1 Å². The number of H-pyrrole nitrogens is 1. The third-order valence-electron chi connectivity index (χ3n) is 4.76. The Labute approximate surface area is 147 Å². The number of carbonyl (C=O) groups excluding carboxylic acids is 1. The Hall–Kier alpha value is -2.45. The number of aliphatic hydroxyl groups is 1. The summed E-state index contributed by atoms with van der Waals surface area (Å²) >= 11 is 1.59. The highest BCUT2D eigenvalue weighted by Gasteiger charge is 2.36. The fourth-order valence-electron chi connectivity index (χ4n) is 3.31. The Morgan fingerprint density at radius 1 is 1.52 bits per heavy atom. The lowest BCUT2D eigenvalue weighted by atomic mass is 9.76. The molecule has 3 N–H and O–H groups in total. The number of rotatable bonds is 4. The number of aromatic amines is 1. The summed E-state index contributed by atoms with van der Waals surface area (Å²) in [7, 11) is 0. The SMILES string of the molecule is Cc1c(C(=O)NC(c2cccs2)C2CC(O)C2)cnc2cc(=O)[nH]n12. The van der Waals surface area contributed by atoms with E-state index < -0.39 is 0 Å². The Balaban J connectivity index is 1.63. The summed E-state index contributed by atoms with van der Waals surface area (Å²) in [5.41, 5.74) is 1.27. The summed E-state index contributed by atoms with van der Waals surface area (Å²) in [5.74, 6) is -0.0118. The summed E-state index contributed by atoms with van der Waals surface area (Å²) < 4.78 is 1.52. The van der Waals surface area contributed by atoms with E-state index in [1.54, 1.807) is 18.3 Å². The van der Waals surface area contributed by atoms with Gasteiger partial charge in [-0.1, -0.05) is 6.07 Å². The average Bonchev–Trinajstić information content (AvgIpc) is 3.19. The van der Waals surface area contributed by atoms with Crippen molar-refractivity contribution in [2.75, 3.05) is 0 Å². The molecule has 0 saturated heterocycles. The van der Waals surface area contributed by atoms with Crippen molar-refractivity contribution in [1.82, 2.24) is 19.9 Å². The van der Waals surface area contributed by atoms with Gasteiger partial charge < -0.3 is 10.4 Å². The maximum atomic E-state index is 12.8. The molecule has 0 bridgehead atoms. The number of nitrogens with zero attached hydrogens (tertiary/aromatic N) is 2. The third kappa shape index (κ3) is 2.87. The van der Waals surface area contributed by atoms with Gasteiger partial charge in [0.25, 0.3) is 11.5 Å². The highest BCUT2D eigenvalue weighted by molar-refractivity contribution is 7.10. The zero-order valence-electron chi connectivity index (χ0n) is 13.6. The van der Waals surface area contributed by atoms with Gasteiger partial charge in [0.05, 0.1) is 23.4 Å².